The van der Waals surface area contributed by atoms with Gasteiger partial charge in [0.25, 0.3) is 26.0 Å². The zero-order chi connectivity index (χ0) is 16.7. The van der Waals surface area contributed by atoms with E-state index < -0.39 is 31.8 Å². The number of carbonyl (C=O) groups excluding carboxylic acids is 1. The fourth-order valence-electron chi connectivity index (χ4n) is 2.13. The Kier molecular flexibility index (Phi) is 3.57. The lowest BCUT2D eigenvalue weighted by Crippen LogP contribution is -2.37. The number of carbonyl (C=O) groups is 1. The summed E-state index contributed by atoms with van der Waals surface area (Å²) in [6.07, 6.45) is 1.38. The van der Waals surface area contributed by atoms with Gasteiger partial charge in [-0.2, -0.15) is 0 Å². The first-order valence-electron chi connectivity index (χ1n) is 6.39. The molecule has 0 radical (unpaired) electrons. The lowest BCUT2D eigenvalue weighted by Gasteiger charge is -2.15. The van der Waals surface area contributed by atoms with Gasteiger partial charge in [-0.25, -0.2) is 26.1 Å². The number of anilines is 1. The van der Waals surface area contributed by atoms with E-state index in [2.05, 4.69) is 9.71 Å². The molecule has 0 bridgehead atoms. The van der Waals surface area contributed by atoms with Crippen molar-refractivity contribution in [3.8, 4) is 0 Å². The summed E-state index contributed by atoms with van der Waals surface area (Å²) >= 11 is 0. The highest BCUT2D eigenvalue weighted by molar-refractivity contribution is 7.95. The molecule has 1 amide bonds. The van der Waals surface area contributed by atoms with Crippen molar-refractivity contribution in [3.05, 3.63) is 54.2 Å². The number of pyridine rings is 1. The maximum absolute atomic E-state index is 12.3. The molecule has 10 heteroatoms. The van der Waals surface area contributed by atoms with Crippen molar-refractivity contribution in [2.45, 2.75) is 4.90 Å². The highest BCUT2D eigenvalue weighted by atomic mass is 32.2. The topological polar surface area (TPSA) is 114 Å². The van der Waals surface area contributed by atoms with Crippen molar-refractivity contribution >= 4 is 31.8 Å². The van der Waals surface area contributed by atoms with Gasteiger partial charge < -0.3 is 0 Å². The number of fused-ring (bicyclic) bond motifs is 1. The van der Waals surface area contributed by atoms with Crippen LogP contribution in [0.25, 0.3) is 0 Å². The zero-order valence-electron chi connectivity index (χ0n) is 11.6. The number of hydrogen-bond donors (Lipinski definition) is 1. The van der Waals surface area contributed by atoms with Gasteiger partial charge in [0.15, 0.2) is 5.88 Å². The van der Waals surface area contributed by atoms with Gasteiger partial charge in [0.05, 0.1) is 5.56 Å². The third-order valence-electron chi connectivity index (χ3n) is 3.12. The van der Waals surface area contributed by atoms with Crippen LogP contribution in [0.15, 0.2) is 53.6 Å². The summed E-state index contributed by atoms with van der Waals surface area (Å²) in [5.74, 6) is -1.85. The molecule has 23 heavy (non-hydrogen) atoms. The molecule has 1 aliphatic heterocycles. The van der Waals surface area contributed by atoms with Crippen LogP contribution in [0.5, 0.6) is 0 Å². The van der Waals surface area contributed by atoms with Crippen LogP contribution < -0.4 is 4.72 Å². The smallest absolute Gasteiger partial charge is 0.268 e. The minimum atomic E-state index is -4.18. The Morgan fingerprint density at radius 1 is 1.09 bits per heavy atom. The quantitative estimate of drug-likeness (QED) is 0.862. The maximum atomic E-state index is 12.3. The van der Waals surface area contributed by atoms with Crippen molar-refractivity contribution in [1.82, 2.24) is 9.29 Å². The number of aromatic nitrogens is 1. The molecule has 1 N–H and O–H groups in total. The van der Waals surface area contributed by atoms with E-state index in [0.29, 0.717) is 4.31 Å². The third-order valence-corrected chi connectivity index (χ3v) is 6.19. The number of benzene rings is 1. The first kappa shape index (κ1) is 15.4. The summed E-state index contributed by atoms with van der Waals surface area (Å²) in [5.41, 5.74) is -0.0412. The molecule has 1 aromatic heterocycles. The Hall–Kier alpha value is -2.46. The lowest BCUT2D eigenvalue weighted by atomic mass is 10.2. The van der Waals surface area contributed by atoms with E-state index in [4.69, 9.17) is 0 Å². The second-order valence-corrected chi connectivity index (χ2v) is 8.24. The van der Waals surface area contributed by atoms with Gasteiger partial charge in [0.2, 0.25) is 0 Å². The Morgan fingerprint density at radius 2 is 1.78 bits per heavy atom. The summed E-state index contributed by atoms with van der Waals surface area (Å²) < 4.78 is 51.4. The summed E-state index contributed by atoms with van der Waals surface area (Å²) in [4.78, 5) is 15.8. The fraction of sp³-hybridized carbons (Fsp3) is 0.0769. The van der Waals surface area contributed by atoms with E-state index in [1.807, 2.05) is 0 Å². The minimum absolute atomic E-state index is 0.0362. The van der Waals surface area contributed by atoms with Gasteiger partial charge in [-0.15, -0.1) is 0 Å². The van der Waals surface area contributed by atoms with E-state index in [-0.39, 0.29) is 16.3 Å². The Morgan fingerprint density at radius 3 is 2.43 bits per heavy atom. The molecule has 0 atom stereocenters. The van der Waals surface area contributed by atoms with Gasteiger partial charge in [-0.1, -0.05) is 18.2 Å². The monoisotopic (exact) mass is 353 g/mol. The summed E-state index contributed by atoms with van der Waals surface area (Å²) in [7, 11) is -8.30. The number of sulfonamides is 2. The van der Waals surface area contributed by atoms with Crippen molar-refractivity contribution in [2.24, 2.45) is 0 Å². The second-order valence-electron chi connectivity index (χ2n) is 4.72. The second kappa shape index (κ2) is 5.32. The molecule has 2 heterocycles. The van der Waals surface area contributed by atoms with Gasteiger partial charge >= 0.3 is 0 Å². The van der Waals surface area contributed by atoms with Crippen LogP contribution in [-0.2, 0) is 20.0 Å². The number of nitrogens with zero attached hydrogens (tertiary/aromatic N) is 2. The van der Waals surface area contributed by atoms with Crippen LogP contribution in [0, 0.1) is 0 Å². The molecule has 1 aromatic carbocycles. The lowest BCUT2D eigenvalue weighted by molar-refractivity contribution is 0.0885. The Labute approximate surface area is 132 Å². The molecule has 0 saturated carbocycles. The first-order chi connectivity index (χ1) is 10.8. The van der Waals surface area contributed by atoms with E-state index in [0.717, 1.165) is 0 Å². The average Bonchev–Trinajstić information content (AvgIpc) is 2.69. The summed E-state index contributed by atoms with van der Waals surface area (Å²) in [6.45, 7) is 0. The van der Waals surface area contributed by atoms with Gasteiger partial charge in [0.1, 0.15) is 10.7 Å². The molecular formula is C13H11N3O5S2. The maximum Gasteiger partial charge on any atom is 0.270 e. The van der Waals surface area contributed by atoms with E-state index in [1.165, 1.54) is 36.5 Å². The molecule has 2 aromatic rings. The first-order valence-corrected chi connectivity index (χ1v) is 9.48. The molecule has 8 nitrogen and oxygen atoms in total. The molecule has 3 rings (SSSR count). The fourth-order valence-corrected chi connectivity index (χ4v) is 5.27. The van der Waals surface area contributed by atoms with Crippen molar-refractivity contribution < 1.29 is 21.6 Å². The van der Waals surface area contributed by atoms with Gasteiger partial charge in [-0.3, -0.25) is 9.52 Å². The molecule has 120 valence electrons. The largest absolute Gasteiger partial charge is 0.270 e. The van der Waals surface area contributed by atoms with E-state index >= 15 is 0 Å². The van der Waals surface area contributed by atoms with Crippen LogP contribution in [0.4, 0.5) is 5.82 Å². The van der Waals surface area contributed by atoms with Crippen LogP contribution >= 0.6 is 0 Å². The zero-order valence-corrected chi connectivity index (χ0v) is 13.2. The van der Waals surface area contributed by atoms with Crippen LogP contribution in [0.3, 0.4) is 0 Å². The number of amides is 1. The van der Waals surface area contributed by atoms with E-state index in [1.54, 1.807) is 12.1 Å². The predicted molar refractivity (Wildman–Crippen MR) is 81.4 cm³/mol. The number of nitrogens with one attached hydrogen (secondary N) is 1. The van der Waals surface area contributed by atoms with E-state index in [9.17, 15) is 21.6 Å². The van der Waals surface area contributed by atoms with Crippen molar-refractivity contribution in [3.63, 3.8) is 0 Å². The highest BCUT2D eigenvalue weighted by Gasteiger charge is 2.43. The molecule has 0 spiro atoms. The Balaban J connectivity index is 1.91. The molecule has 1 aliphatic rings. The number of rotatable bonds is 4. The highest BCUT2D eigenvalue weighted by Crippen LogP contribution is 2.30. The normalized spacial score (nSPS) is 16.2. The molecule has 0 saturated heterocycles. The van der Waals surface area contributed by atoms with Crippen LogP contribution in [0.1, 0.15) is 10.4 Å². The molecule has 0 unspecified atom stereocenters. The number of hydrogen-bond acceptors (Lipinski definition) is 6. The summed E-state index contributed by atoms with van der Waals surface area (Å²) in [5, 5.41) is 0. The standard InChI is InChI=1S/C13H11N3O5S2/c17-13-10-5-1-2-6-11(10)23(20,21)16(13)9-22(18,19)15-12-7-3-4-8-14-12/h1-8H,9H2,(H,14,15). The van der Waals surface area contributed by atoms with Crippen molar-refractivity contribution in [2.75, 3.05) is 10.6 Å². The average molecular weight is 353 g/mol. The molecule has 0 aliphatic carbocycles. The molecular weight excluding hydrogens is 342 g/mol. The van der Waals surface area contributed by atoms with Crippen LogP contribution in [-0.4, -0.2) is 37.9 Å². The minimum Gasteiger partial charge on any atom is -0.268 e. The Bertz CT molecular complexity index is 972. The molecule has 0 fully saturated rings. The van der Waals surface area contributed by atoms with Gasteiger partial charge in [-0.05, 0) is 24.3 Å². The summed E-state index contributed by atoms with van der Waals surface area (Å²) in [6, 6.07) is 10.2. The SMILES string of the molecule is O=C1c2ccccc2S(=O)(=O)N1CS(=O)(=O)Nc1ccccn1. The van der Waals surface area contributed by atoms with Gasteiger partial charge in [0, 0.05) is 6.20 Å². The third kappa shape index (κ3) is 2.78. The van der Waals surface area contributed by atoms with Crippen molar-refractivity contribution in [1.29, 1.82) is 0 Å². The van der Waals surface area contributed by atoms with Crippen LogP contribution in [0.2, 0.25) is 0 Å². The predicted octanol–water partition coefficient (Wildman–Crippen LogP) is 0.625.